The molecule has 1 unspecified atom stereocenters. The topological polar surface area (TPSA) is 75.8 Å². The maximum atomic E-state index is 10.7. The molecule has 1 aliphatic heterocycles. The summed E-state index contributed by atoms with van der Waals surface area (Å²) in [4.78, 5) is 12.9. The van der Waals surface area contributed by atoms with E-state index in [2.05, 4.69) is 17.0 Å². The Bertz CT molecular complexity index is 399. The summed E-state index contributed by atoms with van der Waals surface area (Å²) in [6.45, 7) is 5.18. The number of carboxylic acids is 1. The van der Waals surface area contributed by atoms with Crippen LogP contribution in [0.25, 0.3) is 0 Å². The molecule has 100 valence electrons. The third-order valence-corrected chi connectivity index (χ3v) is 3.09. The number of ether oxygens (including phenoxy) is 1. The van der Waals surface area contributed by atoms with E-state index in [1.165, 1.54) is 6.07 Å². The van der Waals surface area contributed by atoms with Crippen molar-refractivity contribution in [3.63, 3.8) is 0 Å². The minimum Gasteiger partial charge on any atom is -0.476 e. The number of carboxylic acid groups (broad SMARTS) is 1. The highest BCUT2D eigenvalue weighted by atomic mass is 16.5. The van der Waals surface area contributed by atoms with Gasteiger partial charge in [-0.25, -0.2) is 4.79 Å². The van der Waals surface area contributed by atoms with Gasteiger partial charge in [-0.15, -0.1) is 0 Å². The number of aromatic nitrogens is 1. The molecule has 2 rings (SSSR count). The highest BCUT2D eigenvalue weighted by Gasteiger charge is 2.20. The van der Waals surface area contributed by atoms with Crippen LogP contribution in [0.15, 0.2) is 10.6 Å². The lowest BCUT2D eigenvalue weighted by Crippen LogP contribution is -2.31. The number of nitrogens with zero attached hydrogens (tertiary/aromatic N) is 2. The second kappa shape index (κ2) is 5.97. The first-order chi connectivity index (χ1) is 8.69. The van der Waals surface area contributed by atoms with E-state index in [1.807, 2.05) is 0 Å². The first kappa shape index (κ1) is 13.0. The molecule has 0 saturated carbocycles. The Morgan fingerprint density at radius 2 is 2.50 bits per heavy atom. The Morgan fingerprint density at radius 1 is 1.67 bits per heavy atom. The molecule has 0 aliphatic carbocycles. The molecule has 6 nitrogen and oxygen atoms in total. The van der Waals surface area contributed by atoms with Gasteiger partial charge in [0.1, 0.15) is 0 Å². The molecule has 1 fully saturated rings. The summed E-state index contributed by atoms with van der Waals surface area (Å²) in [5.41, 5.74) is -0.0434. The minimum absolute atomic E-state index is 0.0434. The van der Waals surface area contributed by atoms with Crippen LogP contribution in [0.3, 0.4) is 0 Å². The number of hydrogen-bond donors (Lipinski definition) is 1. The van der Waals surface area contributed by atoms with E-state index in [4.69, 9.17) is 14.4 Å². The van der Waals surface area contributed by atoms with Gasteiger partial charge in [0.25, 0.3) is 0 Å². The lowest BCUT2D eigenvalue weighted by Gasteiger charge is -2.22. The fraction of sp³-hybridized carbons (Fsp3) is 0.667. The molecule has 6 heteroatoms. The average Bonchev–Trinajstić information content (AvgIpc) is 2.99. The zero-order valence-electron chi connectivity index (χ0n) is 10.5. The summed E-state index contributed by atoms with van der Waals surface area (Å²) in [5.74, 6) is -0.487. The fourth-order valence-corrected chi connectivity index (χ4v) is 2.09. The zero-order valence-corrected chi connectivity index (χ0v) is 10.5. The first-order valence-corrected chi connectivity index (χ1v) is 6.22. The smallest absolute Gasteiger partial charge is 0.358 e. The van der Waals surface area contributed by atoms with E-state index < -0.39 is 5.97 Å². The Morgan fingerprint density at radius 3 is 3.06 bits per heavy atom. The SMILES string of the molecule is CCN(Cc1cc(C(=O)O)no1)CC1CCCO1. The van der Waals surface area contributed by atoms with Gasteiger partial charge in [-0.3, -0.25) is 4.90 Å². The highest BCUT2D eigenvalue weighted by molar-refractivity contribution is 5.85. The van der Waals surface area contributed by atoms with E-state index in [0.717, 1.165) is 32.5 Å². The van der Waals surface area contributed by atoms with E-state index in [-0.39, 0.29) is 11.8 Å². The normalized spacial score (nSPS) is 19.6. The Balaban J connectivity index is 1.89. The van der Waals surface area contributed by atoms with Crippen molar-refractivity contribution < 1.29 is 19.2 Å². The van der Waals surface area contributed by atoms with Crippen LogP contribution in [0.1, 0.15) is 36.0 Å². The largest absolute Gasteiger partial charge is 0.476 e. The van der Waals surface area contributed by atoms with E-state index in [9.17, 15) is 4.79 Å². The standard InChI is InChI=1S/C12H18N2O4/c1-2-14(7-9-4-3-5-17-9)8-10-6-11(12(15)16)13-18-10/h6,9H,2-5,7-8H2,1H3,(H,15,16). The minimum atomic E-state index is -1.06. The van der Waals surface area contributed by atoms with Crippen molar-refractivity contribution in [1.29, 1.82) is 0 Å². The second-order valence-corrected chi connectivity index (χ2v) is 4.45. The van der Waals surface area contributed by atoms with Crippen molar-refractivity contribution in [3.05, 3.63) is 17.5 Å². The average molecular weight is 254 g/mol. The Kier molecular flexibility index (Phi) is 4.33. The zero-order chi connectivity index (χ0) is 13.0. The van der Waals surface area contributed by atoms with Gasteiger partial charge in [-0.2, -0.15) is 0 Å². The van der Waals surface area contributed by atoms with Gasteiger partial charge in [-0.05, 0) is 19.4 Å². The van der Waals surface area contributed by atoms with Gasteiger partial charge >= 0.3 is 5.97 Å². The van der Waals surface area contributed by atoms with Crippen LogP contribution >= 0.6 is 0 Å². The predicted molar refractivity (Wildman–Crippen MR) is 63.4 cm³/mol. The molecule has 2 heterocycles. The molecule has 1 N–H and O–H groups in total. The molecule has 0 amide bonds. The van der Waals surface area contributed by atoms with Gasteiger partial charge in [0, 0.05) is 19.2 Å². The quantitative estimate of drug-likeness (QED) is 0.826. The number of rotatable bonds is 6. The molecule has 0 radical (unpaired) electrons. The predicted octanol–water partition coefficient (Wildman–Crippen LogP) is 1.37. The molecule has 1 atom stereocenters. The van der Waals surface area contributed by atoms with Gasteiger partial charge in [0.15, 0.2) is 11.5 Å². The molecular weight excluding hydrogens is 236 g/mol. The summed E-state index contributed by atoms with van der Waals surface area (Å²) in [7, 11) is 0. The van der Waals surface area contributed by atoms with Crippen molar-refractivity contribution in [1.82, 2.24) is 10.1 Å². The number of hydrogen-bond acceptors (Lipinski definition) is 5. The molecule has 1 aromatic rings. The first-order valence-electron chi connectivity index (χ1n) is 6.22. The molecule has 1 aromatic heterocycles. The molecule has 1 saturated heterocycles. The van der Waals surface area contributed by atoms with Gasteiger partial charge in [0.2, 0.25) is 0 Å². The summed E-state index contributed by atoms with van der Waals surface area (Å²) in [5, 5.41) is 12.3. The summed E-state index contributed by atoms with van der Waals surface area (Å²) >= 11 is 0. The van der Waals surface area contributed by atoms with Crippen LogP contribution in [0.5, 0.6) is 0 Å². The van der Waals surface area contributed by atoms with Crippen molar-refractivity contribution in [2.24, 2.45) is 0 Å². The van der Waals surface area contributed by atoms with Crippen LogP contribution in [0.4, 0.5) is 0 Å². The lowest BCUT2D eigenvalue weighted by molar-refractivity contribution is 0.0683. The maximum absolute atomic E-state index is 10.7. The second-order valence-electron chi connectivity index (χ2n) is 4.45. The molecule has 0 aromatic carbocycles. The van der Waals surface area contributed by atoms with Gasteiger partial charge in [-0.1, -0.05) is 12.1 Å². The van der Waals surface area contributed by atoms with Crippen LogP contribution in [0, 0.1) is 0 Å². The van der Waals surface area contributed by atoms with Crippen molar-refractivity contribution >= 4 is 5.97 Å². The van der Waals surface area contributed by atoms with Crippen molar-refractivity contribution in [2.45, 2.75) is 32.4 Å². The van der Waals surface area contributed by atoms with Gasteiger partial charge in [0.05, 0.1) is 12.6 Å². The Labute approximate surface area is 106 Å². The van der Waals surface area contributed by atoms with E-state index >= 15 is 0 Å². The van der Waals surface area contributed by atoms with Crippen LogP contribution in [-0.4, -0.2) is 46.9 Å². The van der Waals surface area contributed by atoms with E-state index in [0.29, 0.717) is 12.3 Å². The molecule has 0 spiro atoms. The maximum Gasteiger partial charge on any atom is 0.358 e. The van der Waals surface area contributed by atoms with E-state index in [1.54, 1.807) is 0 Å². The fourth-order valence-electron chi connectivity index (χ4n) is 2.09. The van der Waals surface area contributed by atoms with Crippen molar-refractivity contribution in [2.75, 3.05) is 19.7 Å². The monoisotopic (exact) mass is 254 g/mol. The van der Waals surface area contributed by atoms with Crippen molar-refractivity contribution in [3.8, 4) is 0 Å². The number of aromatic carboxylic acids is 1. The van der Waals surface area contributed by atoms with Gasteiger partial charge < -0.3 is 14.4 Å². The third-order valence-electron chi connectivity index (χ3n) is 3.09. The molecule has 0 bridgehead atoms. The third kappa shape index (κ3) is 3.30. The number of likely N-dealkylation sites (N-methyl/N-ethyl adjacent to an activating group) is 1. The lowest BCUT2D eigenvalue weighted by atomic mass is 10.2. The summed E-state index contributed by atoms with van der Waals surface area (Å²) in [6.07, 6.45) is 2.49. The van der Waals surface area contributed by atoms with Crippen LogP contribution in [0.2, 0.25) is 0 Å². The molecule has 1 aliphatic rings. The highest BCUT2D eigenvalue weighted by Crippen LogP contribution is 2.15. The molecule has 18 heavy (non-hydrogen) atoms. The summed E-state index contributed by atoms with van der Waals surface area (Å²) in [6, 6.07) is 1.47. The Hall–Kier alpha value is -1.40. The van der Waals surface area contributed by atoms with Crippen LogP contribution in [-0.2, 0) is 11.3 Å². The van der Waals surface area contributed by atoms with Crippen LogP contribution < -0.4 is 0 Å². The number of carbonyl (C=O) groups is 1. The summed E-state index contributed by atoms with van der Waals surface area (Å²) < 4.78 is 10.6. The molecular formula is C12H18N2O4.